The van der Waals surface area contributed by atoms with Gasteiger partial charge in [-0.3, -0.25) is 4.79 Å². The van der Waals surface area contributed by atoms with E-state index in [1.807, 2.05) is 31.2 Å². The molecule has 0 aliphatic carbocycles. The van der Waals surface area contributed by atoms with Crippen LogP contribution in [-0.2, 0) is 0 Å². The molecule has 18 heavy (non-hydrogen) atoms. The third-order valence-corrected chi connectivity index (χ3v) is 2.85. The molecule has 0 saturated heterocycles. The second-order valence-electron chi connectivity index (χ2n) is 4.33. The summed E-state index contributed by atoms with van der Waals surface area (Å²) in [6.07, 6.45) is 0. The summed E-state index contributed by atoms with van der Waals surface area (Å²) >= 11 is 0. The summed E-state index contributed by atoms with van der Waals surface area (Å²) in [5.74, 6) is 0.261. The first-order chi connectivity index (χ1) is 8.49. The lowest BCUT2D eigenvalue weighted by atomic mass is 9.97. The number of aryl methyl sites for hydroxylation is 2. The molecule has 0 aliphatic rings. The molecule has 0 aliphatic heterocycles. The lowest BCUT2D eigenvalue weighted by Crippen LogP contribution is -2.07. The lowest BCUT2D eigenvalue weighted by Gasteiger charge is -2.08. The van der Waals surface area contributed by atoms with Crippen LogP contribution in [0.2, 0.25) is 0 Å². The average Bonchev–Trinajstić information content (AvgIpc) is 2.28. The molecular formula is C15H14O3. The smallest absolute Gasteiger partial charge is 0.336 e. The second-order valence-corrected chi connectivity index (χ2v) is 4.33. The number of rotatable bonds is 2. The van der Waals surface area contributed by atoms with E-state index in [1.54, 1.807) is 6.92 Å². The van der Waals surface area contributed by atoms with Gasteiger partial charge in [0.15, 0.2) is 5.78 Å². The predicted octanol–water partition coefficient (Wildman–Crippen LogP) is 3.13. The molecule has 1 heterocycles. The summed E-state index contributed by atoms with van der Waals surface area (Å²) in [5.41, 5.74) is 2.65. The number of benzene rings is 1. The zero-order valence-corrected chi connectivity index (χ0v) is 10.6. The Balaban J connectivity index is 2.73. The molecule has 0 N–H and O–H groups in total. The third kappa shape index (κ3) is 2.25. The summed E-state index contributed by atoms with van der Waals surface area (Å²) in [6, 6.07) is 9.06. The molecule has 0 bridgehead atoms. The van der Waals surface area contributed by atoms with Gasteiger partial charge in [-0.1, -0.05) is 29.8 Å². The summed E-state index contributed by atoms with van der Waals surface area (Å²) in [5, 5.41) is 0. The molecule has 0 saturated carbocycles. The Labute approximate surface area is 105 Å². The van der Waals surface area contributed by atoms with Crippen LogP contribution in [0, 0.1) is 13.8 Å². The molecule has 2 aromatic rings. The van der Waals surface area contributed by atoms with E-state index in [0.29, 0.717) is 16.9 Å². The Kier molecular flexibility index (Phi) is 3.15. The third-order valence-electron chi connectivity index (χ3n) is 2.85. The van der Waals surface area contributed by atoms with Crippen molar-refractivity contribution in [1.29, 1.82) is 0 Å². The first-order valence-corrected chi connectivity index (χ1v) is 5.72. The number of carbonyl (C=O) groups excluding carboxylic acids is 1. The lowest BCUT2D eigenvalue weighted by molar-refractivity contribution is 0.101. The van der Waals surface area contributed by atoms with Gasteiger partial charge in [-0.25, -0.2) is 4.79 Å². The minimum atomic E-state index is -0.437. The van der Waals surface area contributed by atoms with Gasteiger partial charge in [-0.05, 0) is 26.3 Å². The Morgan fingerprint density at radius 1 is 1.11 bits per heavy atom. The van der Waals surface area contributed by atoms with Crippen molar-refractivity contribution in [2.75, 3.05) is 0 Å². The molecule has 3 heteroatoms. The fourth-order valence-corrected chi connectivity index (χ4v) is 2.01. The Morgan fingerprint density at radius 3 is 2.28 bits per heavy atom. The van der Waals surface area contributed by atoms with Gasteiger partial charge in [0.25, 0.3) is 0 Å². The topological polar surface area (TPSA) is 47.3 Å². The standard InChI is InChI=1S/C15H14O3/c1-9-4-6-12(7-5-9)13-8-14(17)18-11(3)15(13)10(2)16/h4-8H,1-3H3. The van der Waals surface area contributed by atoms with Crippen molar-refractivity contribution < 1.29 is 9.21 Å². The van der Waals surface area contributed by atoms with E-state index in [1.165, 1.54) is 13.0 Å². The quantitative estimate of drug-likeness (QED) is 0.760. The fraction of sp³-hybridized carbons (Fsp3) is 0.200. The van der Waals surface area contributed by atoms with Crippen molar-refractivity contribution in [1.82, 2.24) is 0 Å². The van der Waals surface area contributed by atoms with Crippen molar-refractivity contribution in [3.8, 4) is 11.1 Å². The number of hydrogen-bond acceptors (Lipinski definition) is 3. The van der Waals surface area contributed by atoms with E-state index in [4.69, 9.17) is 4.42 Å². The van der Waals surface area contributed by atoms with E-state index < -0.39 is 5.63 Å². The van der Waals surface area contributed by atoms with Gasteiger partial charge in [0.1, 0.15) is 5.76 Å². The van der Waals surface area contributed by atoms with Crippen LogP contribution >= 0.6 is 0 Å². The van der Waals surface area contributed by atoms with Crippen LogP contribution in [0.25, 0.3) is 11.1 Å². The first-order valence-electron chi connectivity index (χ1n) is 5.72. The molecule has 0 fully saturated rings. The van der Waals surface area contributed by atoms with Crippen LogP contribution in [0.3, 0.4) is 0 Å². The first kappa shape index (κ1) is 12.3. The minimum absolute atomic E-state index is 0.105. The van der Waals surface area contributed by atoms with Crippen LogP contribution in [-0.4, -0.2) is 5.78 Å². The average molecular weight is 242 g/mol. The van der Waals surface area contributed by atoms with Gasteiger partial charge in [0.2, 0.25) is 0 Å². The number of Topliss-reactive ketones (excluding diaryl/α,β-unsaturated/α-hetero) is 1. The van der Waals surface area contributed by atoms with Crippen molar-refractivity contribution in [2.24, 2.45) is 0 Å². The monoisotopic (exact) mass is 242 g/mol. The molecule has 3 nitrogen and oxygen atoms in total. The molecule has 0 atom stereocenters. The SMILES string of the molecule is CC(=O)c1c(-c2ccc(C)cc2)cc(=O)oc1C. The highest BCUT2D eigenvalue weighted by Gasteiger charge is 2.15. The van der Waals surface area contributed by atoms with Crippen LogP contribution in [0.1, 0.15) is 28.6 Å². The van der Waals surface area contributed by atoms with Crippen LogP contribution < -0.4 is 5.63 Å². The largest absolute Gasteiger partial charge is 0.427 e. The molecule has 92 valence electrons. The van der Waals surface area contributed by atoms with E-state index in [0.717, 1.165) is 11.1 Å². The Hall–Kier alpha value is -2.16. The molecule has 0 amide bonds. The van der Waals surface area contributed by atoms with Crippen molar-refractivity contribution in [2.45, 2.75) is 20.8 Å². The summed E-state index contributed by atoms with van der Waals surface area (Å²) in [7, 11) is 0. The van der Waals surface area contributed by atoms with Gasteiger partial charge in [0.05, 0.1) is 5.56 Å². The van der Waals surface area contributed by atoms with Crippen LogP contribution in [0.4, 0.5) is 0 Å². The van der Waals surface area contributed by atoms with Crippen LogP contribution in [0.15, 0.2) is 39.5 Å². The maximum Gasteiger partial charge on any atom is 0.336 e. The Morgan fingerprint density at radius 2 is 1.72 bits per heavy atom. The summed E-state index contributed by atoms with van der Waals surface area (Å²) < 4.78 is 4.98. The van der Waals surface area contributed by atoms with Gasteiger partial charge in [0, 0.05) is 11.6 Å². The number of hydrogen-bond donors (Lipinski definition) is 0. The minimum Gasteiger partial charge on any atom is -0.427 e. The van der Waals surface area contributed by atoms with Crippen molar-refractivity contribution in [3.63, 3.8) is 0 Å². The zero-order chi connectivity index (χ0) is 13.3. The van der Waals surface area contributed by atoms with Gasteiger partial charge >= 0.3 is 5.63 Å². The van der Waals surface area contributed by atoms with Gasteiger partial charge < -0.3 is 4.42 Å². The van der Waals surface area contributed by atoms with Gasteiger partial charge in [-0.15, -0.1) is 0 Å². The molecule has 2 rings (SSSR count). The molecule has 1 aromatic carbocycles. The Bertz CT molecular complexity index is 648. The number of ketones is 1. The predicted molar refractivity (Wildman–Crippen MR) is 69.9 cm³/mol. The fourth-order valence-electron chi connectivity index (χ4n) is 2.01. The molecule has 0 unspecified atom stereocenters. The van der Waals surface area contributed by atoms with E-state index in [9.17, 15) is 9.59 Å². The highest BCUT2D eigenvalue weighted by Crippen LogP contribution is 2.25. The summed E-state index contributed by atoms with van der Waals surface area (Å²) in [4.78, 5) is 23.1. The molecule has 0 radical (unpaired) electrons. The summed E-state index contributed by atoms with van der Waals surface area (Å²) in [6.45, 7) is 5.09. The van der Waals surface area contributed by atoms with Crippen LogP contribution in [0.5, 0.6) is 0 Å². The maximum atomic E-state index is 11.7. The molecular weight excluding hydrogens is 228 g/mol. The highest BCUT2D eigenvalue weighted by atomic mass is 16.4. The molecule has 0 spiro atoms. The van der Waals surface area contributed by atoms with E-state index in [2.05, 4.69) is 0 Å². The zero-order valence-electron chi connectivity index (χ0n) is 10.6. The van der Waals surface area contributed by atoms with Crippen molar-refractivity contribution in [3.05, 3.63) is 57.6 Å². The molecule has 1 aromatic heterocycles. The van der Waals surface area contributed by atoms with Gasteiger partial charge in [-0.2, -0.15) is 0 Å². The second kappa shape index (κ2) is 4.61. The van der Waals surface area contributed by atoms with E-state index >= 15 is 0 Å². The van der Waals surface area contributed by atoms with Crippen molar-refractivity contribution >= 4 is 5.78 Å². The van der Waals surface area contributed by atoms with E-state index in [-0.39, 0.29) is 5.78 Å². The normalized spacial score (nSPS) is 10.4. The number of carbonyl (C=O) groups is 1. The highest BCUT2D eigenvalue weighted by molar-refractivity contribution is 6.01. The maximum absolute atomic E-state index is 11.7.